The van der Waals surface area contributed by atoms with Gasteiger partial charge in [0.15, 0.2) is 0 Å². The van der Waals surface area contributed by atoms with E-state index in [1.54, 1.807) is 0 Å². The van der Waals surface area contributed by atoms with Gasteiger partial charge in [-0.05, 0) is 19.3 Å². The number of rotatable bonds is 3. The third-order valence-corrected chi connectivity index (χ3v) is 4.04. The Morgan fingerprint density at radius 2 is 1.78 bits per heavy atom. The number of carbonyl (C=O) groups is 1. The van der Waals surface area contributed by atoms with E-state index in [-0.39, 0.29) is 24.6 Å². The molecular formula is C12H22N2O4. The van der Waals surface area contributed by atoms with Gasteiger partial charge < -0.3 is 26.0 Å². The standard InChI is InChI=1S/C12H22N2O4/c15-6-7-5-9(11(17)10(7)16)14-12(18)13-8-3-1-2-4-8/h7-11,15-17H,1-6H2,(H2,13,14,18). The molecule has 0 spiro atoms. The van der Waals surface area contributed by atoms with Gasteiger partial charge >= 0.3 is 6.03 Å². The van der Waals surface area contributed by atoms with Crippen LogP contribution in [0.25, 0.3) is 0 Å². The molecule has 0 heterocycles. The Morgan fingerprint density at radius 1 is 1.11 bits per heavy atom. The highest BCUT2D eigenvalue weighted by Crippen LogP contribution is 2.26. The molecule has 0 bridgehead atoms. The minimum absolute atomic E-state index is 0.180. The van der Waals surface area contributed by atoms with Gasteiger partial charge in [0.1, 0.15) is 6.10 Å². The molecule has 104 valence electrons. The van der Waals surface area contributed by atoms with E-state index in [1.165, 1.54) is 0 Å². The lowest BCUT2D eigenvalue weighted by atomic mass is 10.1. The molecular weight excluding hydrogens is 236 g/mol. The molecule has 6 heteroatoms. The van der Waals surface area contributed by atoms with Gasteiger partial charge in [-0.3, -0.25) is 0 Å². The van der Waals surface area contributed by atoms with Gasteiger partial charge in [0.25, 0.3) is 0 Å². The summed E-state index contributed by atoms with van der Waals surface area (Å²) < 4.78 is 0. The van der Waals surface area contributed by atoms with Crippen LogP contribution in [-0.2, 0) is 0 Å². The quantitative estimate of drug-likeness (QED) is 0.463. The first kappa shape index (κ1) is 13.6. The molecule has 0 aromatic rings. The van der Waals surface area contributed by atoms with Crippen molar-refractivity contribution in [3.05, 3.63) is 0 Å². The number of amides is 2. The fourth-order valence-corrected chi connectivity index (χ4v) is 2.91. The maximum Gasteiger partial charge on any atom is 0.315 e. The average molecular weight is 258 g/mol. The van der Waals surface area contributed by atoms with E-state index in [0.29, 0.717) is 6.42 Å². The van der Waals surface area contributed by atoms with Crippen molar-refractivity contribution in [2.75, 3.05) is 6.61 Å². The predicted octanol–water partition coefficient (Wildman–Crippen LogP) is -0.669. The first-order chi connectivity index (χ1) is 8.61. The van der Waals surface area contributed by atoms with E-state index in [9.17, 15) is 15.0 Å². The summed E-state index contributed by atoms with van der Waals surface area (Å²) in [5.41, 5.74) is 0. The van der Waals surface area contributed by atoms with Crippen LogP contribution in [-0.4, -0.2) is 52.2 Å². The van der Waals surface area contributed by atoms with Crippen LogP contribution in [0.2, 0.25) is 0 Å². The molecule has 2 aliphatic carbocycles. The van der Waals surface area contributed by atoms with Gasteiger partial charge in [-0.2, -0.15) is 0 Å². The summed E-state index contributed by atoms with van der Waals surface area (Å²) in [6.07, 6.45) is 2.72. The van der Waals surface area contributed by atoms with Crippen molar-refractivity contribution >= 4 is 6.03 Å². The highest BCUT2D eigenvalue weighted by Gasteiger charge is 2.41. The van der Waals surface area contributed by atoms with Gasteiger partial charge in [0.05, 0.1) is 12.1 Å². The zero-order chi connectivity index (χ0) is 13.1. The van der Waals surface area contributed by atoms with Crippen molar-refractivity contribution in [2.24, 2.45) is 5.92 Å². The van der Waals surface area contributed by atoms with E-state index >= 15 is 0 Å². The molecule has 2 saturated carbocycles. The molecule has 5 N–H and O–H groups in total. The largest absolute Gasteiger partial charge is 0.396 e. The highest BCUT2D eigenvalue weighted by molar-refractivity contribution is 5.74. The summed E-state index contributed by atoms with van der Waals surface area (Å²) in [4.78, 5) is 11.7. The zero-order valence-corrected chi connectivity index (χ0v) is 10.4. The van der Waals surface area contributed by atoms with Crippen molar-refractivity contribution in [2.45, 2.75) is 56.4 Å². The molecule has 18 heavy (non-hydrogen) atoms. The number of hydrogen-bond donors (Lipinski definition) is 5. The number of aliphatic hydroxyl groups excluding tert-OH is 3. The first-order valence-corrected chi connectivity index (χ1v) is 6.66. The van der Waals surface area contributed by atoms with E-state index in [4.69, 9.17) is 5.11 Å². The van der Waals surface area contributed by atoms with Gasteiger partial charge in [-0.25, -0.2) is 4.79 Å². The van der Waals surface area contributed by atoms with E-state index in [0.717, 1.165) is 25.7 Å². The van der Waals surface area contributed by atoms with Crippen molar-refractivity contribution in [3.63, 3.8) is 0 Å². The maximum absolute atomic E-state index is 11.7. The molecule has 2 amide bonds. The van der Waals surface area contributed by atoms with E-state index < -0.39 is 18.2 Å². The van der Waals surface area contributed by atoms with Crippen LogP contribution < -0.4 is 10.6 Å². The van der Waals surface area contributed by atoms with Gasteiger partial charge in [0, 0.05) is 18.6 Å². The second kappa shape index (κ2) is 5.86. The maximum atomic E-state index is 11.7. The van der Waals surface area contributed by atoms with Gasteiger partial charge in [-0.15, -0.1) is 0 Å². The minimum atomic E-state index is -1.00. The molecule has 2 rings (SSSR count). The van der Waals surface area contributed by atoms with Crippen LogP contribution in [0.3, 0.4) is 0 Å². The Kier molecular flexibility index (Phi) is 4.42. The lowest BCUT2D eigenvalue weighted by molar-refractivity contribution is 0.000803. The number of nitrogens with one attached hydrogen (secondary N) is 2. The molecule has 0 aromatic heterocycles. The Bertz CT molecular complexity index is 294. The molecule has 2 aliphatic rings. The Balaban J connectivity index is 1.80. The van der Waals surface area contributed by atoms with Crippen LogP contribution in [0.5, 0.6) is 0 Å². The zero-order valence-electron chi connectivity index (χ0n) is 10.4. The molecule has 0 saturated heterocycles. The topological polar surface area (TPSA) is 102 Å². The van der Waals surface area contributed by atoms with Crippen LogP contribution in [0.4, 0.5) is 4.79 Å². The fourth-order valence-electron chi connectivity index (χ4n) is 2.91. The average Bonchev–Trinajstić information content (AvgIpc) is 2.93. The summed E-state index contributed by atoms with van der Waals surface area (Å²) in [7, 11) is 0. The summed E-state index contributed by atoms with van der Waals surface area (Å²) >= 11 is 0. The van der Waals surface area contributed by atoms with Crippen molar-refractivity contribution in [1.29, 1.82) is 0 Å². The van der Waals surface area contributed by atoms with Gasteiger partial charge in [0.2, 0.25) is 0 Å². The summed E-state index contributed by atoms with van der Waals surface area (Å²) in [5, 5.41) is 34.0. The second-order valence-corrected chi connectivity index (χ2v) is 5.37. The van der Waals surface area contributed by atoms with Gasteiger partial charge in [-0.1, -0.05) is 12.8 Å². The van der Waals surface area contributed by atoms with Crippen molar-refractivity contribution in [3.8, 4) is 0 Å². The summed E-state index contributed by atoms with van der Waals surface area (Å²) in [6.45, 7) is -0.180. The third-order valence-electron chi connectivity index (χ3n) is 4.04. The Labute approximate surface area is 106 Å². The number of aliphatic hydroxyl groups is 3. The normalized spacial score (nSPS) is 36.8. The van der Waals surface area contributed by atoms with E-state index in [1.807, 2.05) is 0 Å². The molecule has 6 nitrogen and oxygen atoms in total. The van der Waals surface area contributed by atoms with Crippen LogP contribution >= 0.6 is 0 Å². The second-order valence-electron chi connectivity index (χ2n) is 5.37. The van der Waals surface area contributed by atoms with Crippen molar-refractivity contribution < 1.29 is 20.1 Å². The molecule has 0 aromatic carbocycles. The number of urea groups is 1. The molecule has 0 radical (unpaired) electrons. The summed E-state index contributed by atoms with van der Waals surface area (Å²) in [6, 6.07) is -0.558. The monoisotopic (exact) mass is 258 g/mol. The smallest absolute Gasteiger partial charge is 0.315 e. The SMILES string of the molecule is O=C(NC1CCCC1)NC1CC(CO)C(O)C1O. The van der Waals surface area contributed by atoms with Crippen LogP contribution in [0.15, 0.2) is 0 Å². The predicted molar refractivity (Wildman–Crippen MR) is 64.9 cm³/mol. The third kappa shape index (κ3) is 2.93. The highest BCUT2D eigenvalue weighted by atomic mass is 16.3. The Hall–Kier alpha value is -0.850. The van der Waals surface area contributed by atoms with Crippen LogP contribution in [0.1, 0.15) is 32.1 Å². The summed E-state index contributed by atoms with van der Waals surface area (Å²) in [5.74, 6) is -0.364. The Morgan fingerprint density at radius 3 is 2.33 bits per heavy atom. The molecule has 2 fully saturated rings. The minimum Gasteiger partial charge on any atom is -0.396 e. The first-order valence-electron chi connectivity index (χ1n) is 6.66. The van der Waals surface area contributed by atoms with Crippen molar-refractivity contribution in [1.82, 2.24) is 10.6 Å². The van der Waals surface area contributed by atoms with E-state index in [2.05, 4.69) is 10.6 Å². The van der Waals surface area contributed by atoms with Crippen LogP contribution in [0, 0.1) is 5.92 Å². The molecule has 4 atom stereocenters. The fraction of sp³-hybridized carbons (Fsp3) is 0.917. The lowest BCUT2D eigenvalue weighted by Gasteiger charge is -2.20. The number of carbonyl (C=O) groups excluding carboxylic acids is 1. The lowest BCUT2D eigenvalue weighted by Crippen LogP contribution is -2.49. The molecule has 4 unspecified atom stereocenters. The molecule has 0 aliphatic heterocycles. The number of hydrogen-bond acceptors (Lipinski definition) is 4.